The van der Waals surface area contributed by atoms with Gasteiger partial charge in [0.25, 0.3) is 0 Å². The lowest BCUT2D eigenvalue weighted by Crippen LogP contribution is -2.42. The van der Waals surface area contributed by atoms with Crippen LogP contribution in [0.3, 0.4) is 0 Å². The molecule has 1 amide bonds. The van der Waals surface area contributed by atoms with Crippen molar-refractivity contribution in [1.82, 2.24) is 19.5 Å². The van der Waals surface area contributed by atoms with Crippen LogP contribution >= 0.6 is 11.8 Å². The van der Waals surface area contributed by atoms with Crippen molar-refractivity contribution in [3.63, 3.8) is 0 Å². The summed E-state index contributed by atoms with van der Waals surface area (Å²) in [4.78, 5) is 15.0. The Kier molecular flexibility index (Phi) is 4.67. The van der Waals surface area contributed by atoms with Gasteiger partial charge in [-0.2, -0.15) is 0 Å². The predicted octanol–water partition coefficient (Wildman–Crippen LogP) is 2.42. The molecule has 0 spiro atoms. The fourth-order valence-electron chi connectivity index (χ4n) is 2.84. The smallest absolute Gasteiger partial charge is 0.240 e. The average molecular weight is 354 g/mol. The Morgan fingerprint density at radius 3 is 2.60 bits per heavy atom. The van der Waals surface area contributed by atoms with Crippen LogP contribution in [0.4, 0.5) is 0 Å². The number of fused-ring (bicyclic) bond motifs is 1. The monoisotopic (exact) mass is 354 g/mol. The Bertz CT molecular complexity index is 862. The maximum absolute atomic E-state index is 13.2. The summed E-state index contributed by atoms with van der Waals surface area (Å²) in [7, 11) is 0. The van der Waals surface area contributed by atoms with Gasteiger partial charge in [-0.1, -0.05) is 48.2 Å². The van der Waals surface area contributed by atoms with E-state index in [2.05, 4.69) is 10.2 Å². The minimum atomic E-state index is -0.355. The third-order valence-corrected chi connectivity index (χ3v) is 5.35. The van der Waals surface area contributed by atoms with Gasteiger partial charge in [0.1, 0.15) is 5.25 Å². The molecule has 1 aromatic carbocycles. The molecule has 6 nitrogen and oxygen atoms in total. The first-order valence-electron chi connectivity index (χ1n) is 8.21. The van der Waals surface area contributed by atoms with Gasteiger partial charge in [-0.3, -0.25) is 9.20 Å². The molecule has 1 saturated heterocycles. The fourth-order valence-corrected chi connectivity index (χ4v) is 3.95. The van der Waals surface area contributed by atoms with Gasteiger partial charge in [-0.05, 0) is 17.7 Å². The quantitative estimate of drug-likeness (QED) is 0.674. The maximum atomic E-state index is 13.2. The molecule has 3 heterocycles. The molecule has 0 saturated carbocycles. The summed E-state index contributed by atoms with van der Waals surface area (Å²) >= 11 is 1.44. The van der Waals surface area contributed by atoms with E-state index in [9.17, 15) is 4.79 Å². The summed E-state index contributed by atoms with van der Waals surface area (Å²) in [6, 6.07) is 15.6. The second-order valence-electron chi connectivity index (χ2n) is 5.76. The summed E-state index contributed by atoms with van der Waals surface area (Å²) in [5.74, 6) is 0.0900. The van der Waals surface area contributed by atoms with E-state index < -0.39 is 0 Å². The highest BCUT2D eigenvalue weighted by atomic mass is 32.2. The molecule has 4 rings (SSSR count). The zero-order chi connectivity index (χ0) is 17.1. The molecule has 25 heavy (non-hydrogen) atoms. The molecule has 3 aromatic rings. The summed E-state index contributed by atoms with van der Waals surface area (Å²) in [6.07, 6.45) is 1.92. The highest BCUT2D eigenvalue weighted by Gasteiger charge is 2.29. The van der Waals surface area contributed by atoms with Gasteiger partial charge in [0, 0.05) is 19.3 Å². The molecule has 1 atom stereocenters. The second kappa shape index (κ2) is 7.25. The Morgan fingerprint density at radius 2 is 1.80 bits per heavy atom. The topological polar surface area (TPSA) is 59.7 Å². The van der Waals surface area contributed by atoms with Crippen molar-refractivity contribution in [2.45, 2.75) is 10.4 Å². The number of hydrogen-bond acceptors (Lipinski definition) is 5. The molecule has 1 aliphatic heterocycles. The SMILES string of the molecule is O=C(C(Sc1nnc2ccccn12)c1ccccc1)N1CCOCC1. The molecule has 1 aliphatic rings. The molecule has 0 N–H and O–H groups in total. The summed E-state index contributed by atoms with van der Waals surface area (Å²) in [5, 5.41) is 8.81. The van der Waals surface area contributed by atoms with Crippen molar-refractivity contribution in [3.05, 3.63) is 60.3 Å². The highest BCUT2D eigenvalue weighted by molar-refractivity contribution is 8.00. The Labute approximate surface area is 149 Å². The number of carbonyl (C=O) groups is 1. The second-order valence-corrected chi connectivity index (χ2v) is 6.83. The number of thioether (sulfide) groups is 1. The lowest BCUT2D eigenvalue weighted by Gasteiger charge is -2.30. The lowest BCUT2D eigenvalue weighted by atomic mass is 10.1. The number of morpholine rings is 1. The average Bonchev–Trinajstić information content (AvgIpc) is 3.10. The van der Waals surface area contributed by atoms with E-state index in [1.807, 2.05) is 64.0 Å². The van der Waals surface area contributed by atoms with Gasteiger partial charge in [-0.15, -0.1) is 10.2 Å². The van der Waals surface area contributed by atoms with Gasteiger partial charge >= 0.3 is 0 Å². The standard InChI is InChI=1S/C18H18N4O2S/c23-17(21-10-12-24-13-11-21)16(14-6-2-1-3-7-14)25-18-20-19-15-8-4-5-9-22(15)18/h1-9,16H,10-13H2. The summed E-state index contributed by atoms with van der Waals surface area (Å²) in [6.45, 7) is 2.43. The first-order valence-corrected chi connectivity index (χ1v) is 9.09. The number of hydrogen-bond donors (Lipinski definition) is 0. The Balaban J connectivity index is 1.66. The van der Waals surface area contributed by atoms with Gasteiger partial charge < -0.3 is 9.64 Å². The van der Waals surface area contributed by atoms with Crippen molar-refractivity contribution in [2.24, 2.45) is 0 Å². The van der Waals surface area contributed by atoms with Crippen molar-refractivity contribution in [1.29, 1.82) is 0 Å². The first kappa shape index (κ1) is 16.1. The zero-order valence-electron chi connectivity index (χ0n) is 13.6. The third-order valence-electron chi connectivity index (χ3n) is 4.16. The van der Waals surface area contributed by atoms with Gasteiger partial charge in [0.2, 0.25) is 5.91 Å². The lowest BCUT2D eigenvalue weighted by molar-refractivity contribution is -0.134. The van der Waals surface area contributed by atoms with E-state index >= 15 is 0 Å². The normalized spacial score (nSPS) is 16.1. The fraction of sp³-hybridized carbons (Fsp3) is 0.278. The predicted molar refractivity (Wildman–Crippen MR) is 95.4 cm³/mol. The molecule has 1 unspecified atom stereocenters. The molecule has 0 aliphatic carbocycles. The number of amides is 1. The van der Waals surface area contributed by atoms with Crippen LogP contribution in [0, 0.1) is 0 Å². The highest BCUT2D eigenvalue weighted by Crippen LogP contribution is 2.36. The number of benzene rings is 1. The molecule has 7 heteroatoms. The number of rotatable bonds is 4. The summed E-state index contributed by atoms with van der Waals surface area (Å²) < 4.78 is 7.28. The van der Waals surface area contributed by atoms with Crippen LogP contribution in [0.25, 0.3) is 5.65 Å². The van der Waals surface area contributed by atoms with Crippen LogP contribution in [0.2, 0.25) is 0 Å². The van der Waals surface area contributed by atoms with E-state index in [0.717, 1.165) is 11.2 Å². The molecular weight excluding hydrogens is 336 g/mol. The number of pyridine rings is 1. The molecule has 2 aromatic heterocycles. The number of ether oxygens (including phenoxy) is 1. The molecule has 0 bridgehead atoms. The molecule has 1 fully saturated rings. The Hall–Kier alpha value is -2.38. The van der Waals surface area contributed by atoms with Gasteiger partial charge in [0.15, 0.2) is 10.8 Å². The number of nitrogens with zero attached hydrogens (tertiary/aromatic N) is 4. The maximum Gasteiger partial charge on any atom is 0.240 e. The minimum Gasteiger partial charge on any atom is -0.378 e. The Morgan fingerprint density at radius 1 is 1.04 bits per heavy atom. The molecule has 128 valence electrons. The van der Waals surface area contributed by atoms with E-state index in [1.165, 1.54) is 11.8 Å². The van der Waals surface area contributed by atoms with Crippen LogP contribution in [-0.4, -0.2) is 51.7 Å². The van der Waals surface area contributed by atoms with E-state index in [0.29, 0.717) is 31.5 Å². The third kappa shape index (κ3) is 3.38. The van der Waals surface area contributed by atoms with Gasteiger partial charge in [0.05, 0.1) is 13.2 Å². The van der Waals surface area contributed by atoms with Crippen molar-refractivity contribution in [2.75, 3.05) is 26.3 Å². The largest absolute Gasteiger partial charge is 0.378 e. The van der Waals surface area contributed by atoms with Crippen LogP contribution < -0.4 is 0 Å². The van der Waals surface area contributed by atoms with Crippen LogP contribution in [0.1, 0.15) is 10.8 Å². The zero-order valence-corrected chi connectivity index (χ0v) is 14.4. The van der Waals surface area contributed by atoms with Crippen molar-refractivity contribution < 1.29 is 9.53 Å². The van der Waals surface area contributed by atoms with E-state index in [1.54, 1.807) is 0 Å². The van der Waals surface area contributed by atoms with Crippen LogP contribution in [0.5, 0.6) is 0 Å². The van der Waals surface area contributed by atoms with Crippen LogP contribution in [0.15, 0.2) is 59.9 Å². The van der Waals surface area contributed by atoms with E-state index in [4.69, 9.17) is 4.74 Å². The number of carbonyl (C=O) groups excluding carboxylic acids is 1. The number of aromatic nitrogens is 3. The minimum absolute atomic E-state index is 0.0900. The van der Waals surface area contributed by atoms with Gasteiger partial charge in [-0.25, -0.2) is 0 Å². The van der Waals surface area contributed by atoms with E-state index in [-0.39, 0.29) is 11.2 Å². The van der Waals surface area contributed by atoms with Crippen molar-refractivity contribution in [3.8, 4) is 0 Å². The summed E-state index contributed by atoms with van der Waals surface area (Å²) in [5.41, 5.74) is 1.74. The van der Waals surface area contributed by atoms with Crippen LogP contribution in [-0.2, 0) is 9.53 Å². The van der Waals surface area contributed by atoms with Crippen molar-refractivity contribution >= 4 is 23.3 Å². The molecular formula is C18H18N4O2S. The first-order chi connectivity index (χ1) is 12.3. The molecule has 0 radical (unpaired) electrons.